The first-order chi connectivity index (χ1) is 15.8. The van der Waals surface area contributed by atoms with Crippen LogP contribution in [0.15, 0.2) is 73.3 Å². The number of nitrogens with zero attached hydrogens (tertiary/aromatic N) is 4. The number of fused-ring (bicyclic) bond motifs is 1. The van der Waals surface area contributed by atoms with Crippen LogP contribution < -0.4 is 5.73 Å². The van der Waals surface area contributed by atoms with Crippen molar-refractivity contribution in [1.29, 1.82) is 0 Å². The minimum absolute atomic E-state index is 0.0533. The van der Waals surface area contributed by atoms with Crippen molar-refractivity contribution in [3.8, 4) is 0 Å². The fraction of sp³-hybridized carbons (Fsp3) is 0.292. The van der Waals surface area contributed by atoms with Crippen LogP contribution in [0.2, 0.25) is 0 Å². The van der Waals surface area contributed by atoms with E-state index in [1.807, 2.05) is 48.2 Å². The number of rotatable bonds is 8. The summed E-state index contributed by atoms with van der Waals surface area (Å²) in [4.78, 5) is 12.9. The Morgan fingerprint density at radius 3 is 2.41 bits per heavy atom. The van der Waals surface area contributed by atoms with Crippen molar-refractivity contribution in [2.24, 2.45) is 0 Å². The van der Waals surface area contributed by atoms with Gasteiger partial charge in [-0.25, -0.2) is 15.0 Å². The van der Waals surface area contributed by atoms with Crippen molar-refractivity contribution in [3.05, 3.63) is 84.4 Å². The molecule has 2 aromatic heterocycles. The van der Waals surface area contributed by atoms with Gasteiger partial charge in [0.15, 0.2) is 11.5 Å². The molecule has 0 amide bonds. The van der Waals surface area contributed by atoms with Gasteiger partial charge in [-0.15, -0.1) is 11.8 Å². The number of thioether (sulfide) groups is 1. The molecule has 0 saturated carbocycles. The van der Waals surface area contributed by atoms with Crippen LogP contribution in [-0.4, -0.2) is 37.5 Å². The van der Waals surface area contributed by atoms with Gasteiger partial charge in [0.25, 0.3) is 0 Å². The lowest BCUT2D eigenvalue weighted by molar-refractivity contribution is 0.0137. The van der Waals surface area contributed by atoms with Crippen LogP contribution in [0, 0.1) is 0 Å². The first-order valence-electron chi connectivity index (χ1n) is 10.6. The van der Waals surface area contributed by atoms with E-state index in [9.17, 15) is 0 Å². The predicted octanol–water partition coefficient (Wildman–Crippen LogP) is 4.21. The summed E-state index contributed by atoms with van der Waals surface area (Å²) in [5.41, 5.74) is 9.70. The van der Waals surface area contributed by atoms with Crippen molar-refractivity contribution in [3.63, 3.8) is 0 Å². The summed E-state index contributed by atoms with van der Waals surface area (Å²) in [6, 6.07) is 20.5. The standard InChI is InChI=1S/C24H25N5O2S/c25-23-22-24(27-15-26-23)29(16-28-22)21-11-19(31-13-18-9-5-2-6-10-18)20(32-21)14-30-12-17-7-3-1-4-8-17/h1-10,15-16,19-21H,11-14H2,(H2,25,26,27)/t19-,20-,21+/m0/s1. The van der Waals surface area contributed by atoms with Gasteiger partial charge >= 0.3 is 0 Å². The van der Waals surface area contributed by atoms with Gasteiger partial charge in [0.1, 0.15) is 11.8 Å². The molecule has 0 bridgehead atoms. The average Bonchev–Trinajstić information content (AvgIpc) is 3.44. The molecule has 5 rings (SSSR count). The zero-order valence-corrected chi connectivity index (χ0v) is 18.4. The molecule has 3 heterocycles. The third-order valence-corrected chi connectivity index (χ3v) is 7.10. The van der Waals surface area contributed by atoms with E-state index in [-0.39, 0.29) is 16.7 Å². The van der Waals surface area contributed by atoms with E-state index in [2.05, 4.69) is 43.8 Å². The van der Waals surface area contributed by atoms with Crippen LogP contribution in [0.5, 0.6) is 0 Å². The number of hydrogen-bond donors (Lipinski definition) is 1. The summed E-state index contributed by atoms with van der Waals surface area (Å²) in [7, 11) is 0. The second-order valence-electron chi connectivity index (χ2n) is 7.78. The Kier molecular flexibility index (Phi) is 6.34. The van der Waals surface area contributed by atoms with Crippen LogP contribution in [0.1, 0.15) is 22.9 Å². The number of ether oxygens (including phenoxy) is 2. The Hall–Kier alpha value is -2.94. The monoisotopic (exact) mass is 447 g/mol. The number of anilines is 1. The highest BCUT2D eigenvalue weighted by atomic mass is 32.2. The number of benzene rings is 2. The maximum atomic E-state index is 6.38. The lowest BCUT2D eigenvalue weighted by Gasteiger charge is -2.19. The van der Waals surface area contributed by atoms with Crippen LogP contribution >= 0.6 is 11.8 Å². The number of aromatic nitrogens is 4. The third-order valence-electron chi connectivity index (χ3n) is 5.58. The van der Waals surface area contributed by atoms with E-state index in [0.29, 0.717) is 31.2 Å². The van der Waals surface area contributed by atoms with Crippen LogP contribution in [0.4, 0.5) is 5.82 Å². The summed E-state index contributed by atoms with van der Waals surface area (Å²) in [5, 5.41) is 0.337. The van der Waals surface area contributed by atoms with E-state index >= 15 is 0 Å². The Balaban J connectivity index is 1.30. The van der Waals surface area contributed by atoms with E-state index < -0.39 is 0 Å². The second-order valence-corrected chi connectivity index (χ2v) is 9.21. The van der Waals surface area contributed by atoms with Crippen molar-refractivity contribution in [1.82, 2.24) is 19.5 Å². The zero-order chi connectivity index (χ0) is 21.8. The van der Waals surface area contributed by atoms with Gasteiger partial charge in [-0.2, -0.15) is 0 Å². The number of imidazole rings is 1. The van der Waals surface area contributed by atoms with Gasteiger partial charge in [0.05, 0.1) is 42.9 Å². The number of nitrogens with two attached hydrogens (primary N) is 1. The quantitative estimate of drug-likeness (QED) is 0.433. The van der Waals surface area contributed by atoms with Gasteiger partial charge in [-0.05, 0) is 11.1 Å². The molecule has 2 N–H and O–H groups in total. The highest BCUT2D eigenvalue weighted by Crippen LogP contribution is 2.44. The summed E-state index contributed by atoms with van der Waals surface area (Å²) in [6.07, 6.45) is 4.18. The number of nitrogen functional groups attached to an aromatic ring is 1. The molecule has 1 aliphatic rings. The molecule has 0 aliphatic carbocycles. The Morgan fingerprint density at radius 1 is 0.938 bits per heavy atom. The Bertz CT molecular complexity index is 1160. The Morgan fingerprint density at radius 2 is 1.66 bits per heavy atom. The summed E-state index contributed by atoms with van der Waals surface area (Å²) < 4.78 is 14.5. The summed E-state index contributed by atoms with van der Waals surface area (Å²) in [5.74, 6) is 0.399. The molecule has 1 fully saturated rings. The fourth-order valence-corrected chi connectivity index (χ4v) is 5.45. The van der Waals surface area contributed by atoms with E-state index in [1.165, 1.54) is 17.5 Å². The smallest absolute Gasteiger partial charge is 0.166 e. The van der Waals surface area contributed by atoms with E-state index in [0.717, 1.165) is 12.1 Å². The molecule has 4 aromatic rings. The maximum absolute atomic E-state index is 6.38. The van der Waals surface area contributed by atoms with Crippen molar-refractivity contribution in [2.75, 3.05) is 12.3 Å². The lowest BCUT2D eigenvalue weighted by Crippen LogP contribution is -2.26. The largest absolute Gasteiger partial charge is 0.382 e. The Labute approximate surface area is 191 Å². The predicted molar refractivity (Wildman–Crippen MR) is 126 cm³/mol. The van der Waals surface area contributed by atoms with Crippen LogP contribution in [0.25, 0.3) is 11.2 Å². The molecular weight excluding hydrogens is 422 g/mol. The van der Waals surface area contributed by atoms with Crippen molar-refractivity contribution in [2.45, 2.75) is 36.4 Å². The van der Waals surface area contributed by atoms with E-state index in [4.69, 9.17) is 15.2 Å². The topological polar surface area (TPSA) is 88.1 Å². The van der Waals surface area contributed by atoms with Gasteiger partial charge in [-0.3, -0.25) is 0 Å². The van der Waals surface area contributed by atoms with Gasteiger partial charge in [-0.1, -0.05) is 60.7 Å². The van der Waals surface area contributed by atoms with Gasteiger partial charge in [0.2, 0.25) is 0 Å². The van der Waals surface area contributed by atoms with Crippen molar-refractivity contribution < 1.29 is 9.47 Å². The SMILES string of the molecule is Nc1ncnc2c1ncn2[C@H]1C[C@H](OCc2ccccc2)[C@H](COCc2ccccc2)S1. The molecule has 1 saturated heterocycles. The fourth-order valence-electron chi connectivity index (χ4n) is 3.92. The second kappa shape index (κ2) is 9.68. The molecule has 0 radical (unpaired) electrons. The molecule has 3 atom stereocenters. The number of hydrogen-bond acceptors (Lipinski definition) is 7. The normalized spacial score (nSPS) is 20.7. The van der Waals surface area contributed by atoms with Gasteiger partial charge in [0, 0.05) is 6.42 Å². The molecule has 164 valence electrons. The minimum atomic E-state index is 0.0533. The average molecular weight is 448 g/mol. The zero-order valence-electron chi connectivity index (χ0n) is 17.6. The van der Waals surface area contributed by atoms with Crippen LogP contribution in [0.3, 0.4) is 0 Å². The molecule has 32 heavy (non-hydrogen) atoms. The molecule has 2 aromatic carbocycles. The molecule has 0 unspecified atom stereocenters. The first kappa shape index (κ1) is 20.9. The lowest BCUT2D eigenvalue weighted by atomic mass is 10.1. The van der Waals surface area contributed by atoms with E-state index in [1.54, 1.807) is 6.33 Å². The third kappa shape index (κ3) is 4.62. The molecule has 1 aliphatic heterocycles. The maximum Gasteiger partial charge on any atom is 0.166 e. The molecule has 8 heteroatoms. The van der Waals surface area contributed by atoms with Gasteiger partial charge < -0.3 is 19.8 Å². The highest BCUT2D eigenvalue weighted by Gasteiger charge is 2.37. The molecule has 7 nitrogen and oxygen atoms in total. The summed E-state index contributed by atoms with van der Waals surface area (Å²) >= 11 is 1.84. The summed E-state index contributed by atoms with van der Waals surface area (Å²) in [6.45, 7) is 1.78. The molecule has 0 spiro atoms. The molecular formula is C24H25N5O2S. The first-order valence-corrected chi connectivity index (χ1v) is 11.6. The highest BCUT2D eigenvalue weighted by molar-refractivity contribution is 8.00. The minimum Gasteiger partial charge on any atom is -0.382 e. The van der Waals surface area contributed by atoms with Crippen LogP contribution in [-0.2, 0) is 22.7 Å². The van der Waals surface area contributed by atoms with Crippen molar-refractivity contribution >= 4 is 28.7 Å².